The summed E-state index contributed by atoms with van der Waals surface area (Å²) in [4.78, 5) is 11.1. The summed E-state index contributed by atoms with van der Waals surface area (Å²) in [6.07, 6.45) is 5.95. The Labute approximate surface area is 140 Å². The van der Waals surface area contributed by atoms with Crippen molar-refractivity contribution >= 4 is 22.3 Å². The van der Waals surface area contributed by atoms with Crippen molar-refractivity contribution < 1.29 is 9.90 Å². The third-order valence-electron chi connectivity index (χ3n) is 4.56. The maximum absolute atomic E-state index is 11.1. The zero-order chi connectivity index (χ0) is 16.5. The topological polar surface area (TPSA) is 55.1 Å². The van der Waals surface area contributed by atoms with Gasteiger partial charge in [-0.25, -0.2) is 4.79 Å². The molecular formula is C20H18N2O2. The van der Waals surface area contributed by atoms with E-state index in [4.69, 9.17) is 5.11 Å². The second-order valence-corrected chi connectivity index (χ2v) is 6.22. The number of aliphatic carboxylic acids is 1. The van der Waals surface area contributed by atoms with E-state index in [1.165, 1.54) is 22.4 Å². The highest BCUT2D eigenvalue weighted by atomic mass is 16.4. The molecule has 0 radical (unpaired) electrons. The lowest BCUT2D eigenvalue weighted by molar-refractivity contribution is -0.131. The zero-order valence-corrected chi connectivity index (χ0v) is 13.3. The van der Waals surface area contributed by atoms with Crippen LogP contribution in [0.25, 0.3) is 16.3 Å². The van der Waals surface area contributed by atoms with Crippen molar-refractivity contribution in [3.8, 4) is 0 Å². The molecule has 1 N–H and O–H groups in total. The van der Waals surface area contributed by atoms with Crippen LogP contribution >= 0.6 is 0 Å². The van der Waals surface area contributed by atoms with Crippen LogP contribution in [0.1, 0.15) is 29.7 Å². The van der Waals surface area contributed by atoms with Crippen LogP contribution in [0.5, 0.6) is 0 Å². The Morgan fingerprint density at radius 2 is 2.00 bits per heavy atom. The molecule has 0 amide bonds. The second kappa shape index (κ2) is 5.96. The molecule has 0 saturated heterocycles. The summed E-state index contributed by atoms with van der Waals surface area (Å²) in [6.45, 7) is 0.650. The van der Waals surface area contributed by atoms with Crippen LogP contribution < -0.4 is 0 Å². The Balaban J connectivity index is 1.72. The number of fused-ring (bicyclic) bond motifs is 2. The number of nitrogens with zero attached hydrogens (tertiary/aromatic N) is 2. The lowest BCUT2D eigenvalue weighted by Gasteiger charge is -2.17. The van der Waals surface area contributed by atoms with E-state index in [0.717, 1.165) is 36.1 Å². The summed E-state index contributed by atoms with van der Waals surface area (Å²) >= 11 is 0. The molecule has 1 aliphatic rings. The Bertz CT molecular complexity index is 953. The van der Waals surface area contributed by atoms with Gasteiger partial charge >= 0.3 is 5.97 Å². The van der Waals surface area contributed by atoms with Gasteiger partial charge in [0, 0.05) is 6.08 Å². The molecule has 0 fully saturated rings. The summed E-state index contributed by atoms with van der Waals surface area (Å²) in [7, 11) is 0. The predicted octanol–water partition coefficient (Wildman–Crippen LogP) is 3.89. The normalized spacial score (nSPS) is 15.6. The molecule has 0 saturated carbocycles. The number of aryl methyl sites for hydroxylation is 1. The summed E-state index contributed by atoms with van der Waals surface area (Å²) in [5, 5.41) is 16.1. The molecule has 0 atom stereocenters. The minimum atomic E-state index is -0.892. The summed E-state index contributed by atoms with van der Waals surface area (Å²) in [5.74, 6) is -0.892. The van der Waals surface area contributed by atoms with Gasteiger partial charge < -0.3 is 5.11 Å². The van der Waals surface area contributed by atoms with Crippen molar-refractivity contribution in [3.63, 3.8) is 0 Å². The second-order valence-electron chi connectivity index (χ2n) is 6.22. The van der Waals surface area contributed by atoms with Crippen molar-refractivity contribution in [2.45, 2.75) is 25.8 Å². The largest absolute Gasteiger partial charge is 0.478 e. The van der Waals surface area contributed by atoms with E-state index in [2.05, 4.69) is 35.4 Å². The molecule has 1 aromatic heterocycles. The van der Waals surface area contributed by atoms with Crippen molar-refractivity contribution in [1.29, 1.82) is 0 Å². The highest BCUT2D eigenvalue weighted by molar-refractivity contribution is 5.90. The minimum absolute atomic E-state index is 0.650. The molecule has 120 valence electrons. The van der Waals surface area contributed by atoms with E-state index in [1.54, 1.807) is 0 Å². The Morgan fingerprint density at radius 1 is 1.17 bits per heavy atom. The van der Waals surface area contributed by atoms with Crippen LogP contribution in [0.4, 0.5) is 0 Å². The van der Waals surface area contributed by atoms with Gasteiger partial charge in [0.2, 0.25) is 0 Å². The molecule has 1 heterocycles. The van der Waals surface area contributed by atoms with E-state index in [0.29, 0.717) is 6.54 Å². The number of aromatic nitrogens is 2. The average Bonchev–Trinajstić information content (AvgIpc) is 2.98. The molecule has 0 unspecified atom stereocenters. The first-order valence-corrected chi connectivity index (χ1v) is 8.17. The zero-order valence-electron chi connectivity index (χ0n) is 13.3. The third kappa shape index (κ3) is 2.71. The van der Waals surface area contributed by atoms with Crippen LogP contribution in [-0.2, 0) is 17.8 Å². The van der Waals surface area contributed by atoms with Crippen molar-refractivity contribution in [1.82, 2.24) is 9.78 Å². The number of allylic oxidation sites excluding steroid dienone is 1. The van der Waals surface area contributed by atoms with Gasteiger partial charge in [0.25, 0.3) is 0 Å². The molecule has 0 bridgehead atoms. The van der Waals surface area contributed by atoms with Gasteiger partial charge in [-0.2, -0.15) is 5.10 Å². The number of hydrogen-bond donors (Lipinski definition) is 1. The lowest BCUT2D eigenvalue weighted by atomic mass is 9.92. The molecule has 4 heteroatoms. The fraction of sp³-hybridized carbons (Fsp3) is 0.200. The molecular weight excluding hydrogens is 300 g/mol. The number of benzene rings is 2. The summed E-state index contributed by atoms with van der Waals surface area (Å²) < 4.78 is 1.94. The Hall–Kier alpha value is -2.88. The van der Waals surface area contributed by atoms with E-state index in [9.17, 15) is 4.79 Å². The van der Waals surface area contributed by atoms with Gasteiger partial charge in [-0.15, -0.1) is 0 Å². The molecule has 1 aliphatic carbocycles. The van der Waals surface area contributed by atoms with E-state index in [-0.39, 0.29) is 0 Å². The number of carboxylic acid groups (broad SMARTS) is 1. The van der Waals surface area contributed by atoms with Gasteiger partial charge in [0.1, 0.15) is 0 Å². The molecule has 0 spiro atoms. The van der Waals surface area contributed by atoms with E-state index < -0.39 is 5.97 Å². The molecule has 3 aromatic rings. The quantitative estimate of drug-likeness (QED) is 0.745. The highest BCUT2D eigenvalue weighted by Crippen LogP contribution is 2.31. The number of carbonyl (C=O) groups is 1. The molecule has 4 nitrogen and oxygen atoms in total. The van der Waals surface area contributed by atoms with Crippen molar-refractivity contribution in [2.75, 3.05) is 0 Å². The van der Waals surface area contributed by atoms with Gasteiger partial charge in [-0.1, -0.05) is 36.4 Å². The van der Waals surface area contributed by atoms with Crippen LogP contribution in [0.15, 0.2) is 54.7 Å². The van der Waals surface area contributed by atoms with Crippen LogP contribution in [0, 0.1) is 0 Å². The first kappa shape index (κ1) is 14.7. The van der Waals surface area contributed by atoms with E-state index in [1.807, 2.05) is 23.0 Å². The number of rotatable bonds is 3. The first-order chi connectivity index (χ1) is 11.7. The van der Waals surface area contributed by atoms with Gasteiger partial charge in [-0.3, -0.25) is 4.68 Å². The fourth-order valence-electron chi connectivity index (χ4n) is 3.49. The smallest absolute Gasteiger partial charge is 0.328 e. The highest BCUT2D eigenvalue weighted by Gasteiger charge is 2.20. The fourth-order valence-corrected chi connectivity index (χ4v) is 3.49. The predicted molar refractivity (Wildman–Crippen MR) is 93.8 cm³/mol. The van der Waals surface area contributed by atoms with Crippen molar-refractivity contribution in [3.05, 3.63) is 71.6 Å². The average molecular weight is 318 g/mol. The first-order valence-electron chi connectivity index (χ1n) is 8.17. The number of hydrogen-bond acceptors (Lipinski definition) is 2. The molecule has 0 aliphatic heterocycles. The SMILES string of the molecule is O=C(O)C=C1CCCc2cnn(Cc3ccc4ccccc4c3)c21. The van der Waals surface area contributed by atoms with Crippen LogP contribution in [-0.4, -0.2) is 20.9 Å². The number of carboxylic acids is 1. The van der Waals surface area contributed by atoms with E-state index >= 15 is 0 Å². The Morgan fingerprint density at radius 3 is 2.83 bits per heavy atom. The molecule has 24 heavy (non-hydrogen) atoms. The van der Waals surface area contributed by atoms with Crippen molar-refractivity contribution in [2.24, 2.45) is 0 Å². The minimum Gasteiger partial charge on any atom is -0.478 e. The third-order valence-corrected chi connectivity index (χ3v) is 4.56. The molecule has 4 rings (SSSR count). The maximum atomic E-state index is 11.1. The summed E-state index contributed by atoms with van der Waals surface area (Å²) in [5.41, 5.74) is 4.17. The van der Waals surface area contributed by atoms with Crippen LogP contribution in [0.2, 0.25) is 0 Å². The maximum Gasteiger partial charge on any atom is 0.328 e. The lowest BCUT2D eigenvalue weighted by Crippen LogP contribution is -2.11. The van der Waals surface area contributed by atoms with Gasteiger partial charge in [0.15, 0.2) is 0 Å². The van der Waals surface area contributed by atoms with Gasteiger partial charge in [0.05, 0.1) is 18.4 Å². The Kier molecular flexibility index (Phi) is 3.65. The molecule has 2 aromatic carbocycles. The summed E-state index contributed by atoms with van der Waals surface area (Å²) in [6, 6.07) is 14.7. The standard InChI is InChI=1S/C20H18N2O2/c23-19(24)11-17-6-3-7-18-12-21-22(20(17)18)13-14-8-9-15-4-1-2-5-16(15)10-14/h1-2,4-5,8-12H,3,6-7,13H2,(H,23,24). The van der Waals surface area contributed by atoms with Gasteiger partial charge in [-0.05, 0) is 52.8 Å². The monoisotopic (exact) mass is 318 g/mol. The van der Waals surface area contributed by atoms with Crippen LogP contribution in [0.3, 0.4) is 0 Å².